The number of hydrogen-bond donors (Lipinski definition) is 5. The Hall–Kier alpha value is -5.61. The number of nitrogens with zero attached hydrogens (tertiary/aromatic N) is 1. The number of amides is 6. The summed E-state index contributed by atoms with van der Waals surface area (Å²) in [6.07, 6.45) is 1.88. The Morgan fingerprint density at radius 1 is 0.606 bits per heavy atom. The molecular weight excluding hydrogens is 849 g/mol. The van der Waals surface area contributed by atoms with E-state index in [4.69, 9.17) is 18.9 Å². The quantitative estimate of drug-likeness (QED) is 0.0593. The molecule has 1 aliphatic rings. The summed E-state index contributed by atoms with van der Waals surface area (Å²) in [4.78, 5) is 93.6. The fourth-order valence-corrected chi connectivity index (χ4v) is 6.97. The molecule has 0 bridgehead atoms. The Bertz CT molecular complexity index is 1970. The highest BCUT2D eigenvalue weighted by molar-refractivity contribution is 5.89. The number of piperidine rings is 1. The molecule has 368 valence electrons. The van der Waals surface area contributed by atoms with Crippen molar-refractivity contribution in [2.45, 2.75) is 175 Å². The van der Waals surface area contributed by atoms with Gasteiger partial charge in [0.2, 0.25) is 5.91 Å². The third-order valence-corrected chi connectivity index (χ3v) is 9.96. The highest BCUT2D eigenvalue weighted by Gasteiger charge is 2.32. The first-order valence-corrected chi connectivity index (χ1v) is 23.1. The van der Waals surface area contributed by atoms with E-state index in [-0.39, 0.29) is 44.2 Å². The van der Waals surface area contributed by atoms with Gasteiger partial charge in [-0.15, -0.1) is 0 Å². The van der Waals surface area contributed by atoms with Gasteiger partial charge in [-0.05, 0) is 144 Å². The first-order valence-electron chi connectivity index (χ1n) is 23.1. The van der Waals surface area contributed by atoms with Crippen molar-refractivity contribution in [3.8, 4) is 0 Å². The van der Waals surface area contributed by atoms with Gasteiger partial charge in [0, 0.05) is 39.0 Å². The van der Waals surface area contributed by atoms with E-state index >= 15 is 0 Å². The molecule has 0 aliphatic carbocycles. The van der Waals surface area contributed by atoms with Crippen LogP contribution in [-0.2, 0) is 44.5 Å². The van der Waals surface area contributed by atoms with Gasteiger partial charge in [0.15, 0.2) is 0 Å². The fourth-order valence-electron chi connectivity index (χ4n) is 6.97. The number of fused-ring (bicyclic) bond motifs is 1. The number of carbonyl (C=O) groups excluding carboxylic acids is 7. The Morgan fingerprint density at radius 2 is 1.14 bits per heavy atom. The summed E-state index contributed by atoms with van der Waals surface area (Å²) in [7, 11) is 0. The van der Waals surface area contributed by atoms with Crippen molar-refractivity contribution in [2.75, 3.05) is 26.2 Å². The molecule has 66 heavy (non-hydrogen) atoms. The van der Waals surface area contributed by atoms with Crippen LogP contribution in [0.3, 0.4) is 0 Å². The molecule has 1 heterocycles. The van der Waals surface area contributed by atoms with E-state index in [0.29, 0.717) is 45.3 Å². The number of likely N-dealkylation sites (tertiary alicyclic amines) is 1. The van der Waals surface area contributed by atoms with Crippen LogP contribution in [0.25, 0.3) is 10.8 Å². The van der Waals surface area contributed by atoms with Crippen molar-refractivity contribution in [1.82, 2.24) is 31.5 Å². The van der Waals surface area contributed by atoms with Crippen LogP contribution in [0.2, 0.25) is 0 Å². The molecule has 2 aromatic rings. The van der Waals surface area contributed by atoms with Gasteiger partial charge in [-0.25, -0.2) is 24.0 Å². The normalized spacial score (nSPS) is 15.1. The summed E-state index contributed by atoms with van der Waals surface area (Å²) >= 11 is 0. The summed E-state index contributed by atoms with van der Waals surface area (Å²) in [5.74, 6) is -2.26. The number of carbonyl (C=O) groups is 7. The van der Waals surface area contributed by atoms with Crippen LogP contribution in [0.1, 0.15) is 134 Å². The largest absolute Gasteiger partial charge is 0.460 e. The van der Waals surface area contributed by atoms with Gasteiger partial charge < -0.3 is 50.4 Å². The summed E-state index contributed by atoms with van der Waals surface area (Å²) in [5.41, 5.74) is -2.22. The highest BCUT2D eigenvalue weighted by Crippen LogP contribution is 2.21. The smallest absolute Gasteiger partial charge is 0.410 e. The highest BCUT2D eigenvalue weighted by atomic mass is 16.6. The molecule has 0 unspecified atom stereocenters. The minimum absolute atomic E-state index is 0.108. The van der Waals surface area contributed by atoms with E-state index in [1.165, 1.54) is 0 Å². The molecule has 17 nitrogen and oxygen atoms in total. The van der Waals surface area contributed by atoms with Gasteiger partial charge >= 0.3 is 36.1 Å². The van der Waals surface area contributed by atoms with E-state index < -0.39 is 76.4 Å². The number of rotatable bonds is 18. The van der Waals surface area contributed by atoms with Crippen molar-refractivity contribution < 1.29 is 52.5 Å². The zero-order chi connectivity index (χ0) is 49.5. The van der Waals surface area contributed by atoms with E-state index in [1.54, 1.807) is 67.2 Å². The second-order valence-electron chi connectivity index (χ2n) is 20.9. The lowest BCUT2D eigenvalue weighted by atomic mass is 9.97. The van der Waals surface area contributed by atoms with Crippen LogP contribution >= 0.6 is 0 Å². The number of hydrogen-bond acceptors (Lipinski definition) is 11. The lowest BCUT2D eigenvalue weighted by Crippen LogP contribution is -2.53. The van der Waals surface area contributed by atoms with Crippen LogP contribution in [0.4, 0.5) is 14.4 Å². The lowest BCUT2D eigenvalue weighted by molar-refractivity contribution is -0.159. The van der Waals surface area contributed by atoms with Crippen molar-refractivity contribution in [3.05, 3.63) is 48.0 Å². The number of esters is 3. The molecule has 1 saturated heterocycles. The predicted molar refractivity (Wildman–Crippen MR) is 251 cm³/mol. The molecule has 0 radical (unpaired) electrons. The first kappa shape index (κ1) is 54.7. The Kier molecular flexibility index (Phi) is 20.1. The topological polar surface area (TPSA) is 220 Å². The number of urea groups is 2. The van der Waals surface area contributed by atoms with E-state index in [9.17, 15) is 33.6 Å². The van der Waals surface area contributed by atoms with Crippen LogP contribution in [0.15, 0.2) is 42.5 Å². The van der Waals surface area contributed by atoms with Crippen molar-refractivity contribution in [2.24, 2.45) is 5.92 Å². The summed E-state index contributed by atoms with van der Waals surface area (Å²) < 4.78 is 22.0. The molecule has 2 aromatic carbocycles. The Balaban J connectivity index is 1.63. The minimum atomic E-state index is -1.23. The SMILES string of the molecule is CC(C)(C)OC(=O)CC[C@H](NC(=O)N[C@@H](CCCCNC(=O)[C@H](Cc1ccc2ccccc2c1)NC(=O)NCC1CCN(C(=O)OC(C)(C)C)CC1)C(=O)OC(C)(C)C)C(=O)OC(C)(C)C. The van der Waals surface area contributed by atoms with Crippen molar-refractivity contribution in [3.63, 3.8) is 0 Å². The third kappa shape index (κ3) is 21.6. The van der Waals surface area contributed by atoms with Crippen LogP contribution in [-0.4, -0.2) is 114 Å². The summed E-state index contributed by atoms with van der Waals surface area (Å²) in [6.45, 7) is 22.4. The van der Waals surface area contributed by atoms with E-state index in [0.717, 1.165) is 16.3 Å². The van der Waals surface area contributed by atoms with Crippen LogP contribution in [0.5, 0.6) is 0 Å². The molecule has 1 fully saturated rings. The molecule has 3 rings (SSSR count). The molecule has 3 atom stereocenters. The Labute approximate surface area is 390 Å². The number of ether oxygens (including phenoxy) is 4. The van der Waals surface area contributed by atoms with Crippen molar-refractivity contribution in [1.29, 1.82) is 0 Å². The lowest BCUT2D eigenvalue weighted by Gasteiger charge is -2.33. The van der Waals surface area contributed by atoms with Gasteiger partial charge in [0.1, 0.15) is 40.5 Å². The molecule has 0 saturated carbocycles. The fraction of sp³-hybridized carbons (Fsp3) is 0.653. The molecule has 5 N–H and O–H groups in total. The van der Waals surface area contributed by atoms with E-state index in [1.807, 2.05) is 63.2 Å². The van der Waals surface area contributed by atoms with Gasteiger partial charge in [-0.1, -0.05) is 42.5 Å². The number of nitrogens with one attached hydrogen (secondary N) is 5. The maximum absolute atomic E-state index is 13.8. The molecule has 0 spiro atoms. The average Bonchev–Trinajstić information content (AvgIpc) is 3.18. The average molecular weight is 925 g/mol. The van der Waals surface area contributed by atoms with Gasteiger partial charge in [0.05, 0.1) is 0 Å². The van der Waals surface area contributed by atoms with Gasteiger partial charge in [-0.3, -0.25) is 9.59 Å². The summed E-state index contributed by atoms with van der Waals surface area (Å²) in [5, 5.41) is 15.9. The van der Waals surface area contributed by atoms with Gasteiger partial charge in [0.25, 0.3) is 0 Å². The zero-order valence-corrected chi connectivity index (χ0v) is 41.3. The molecule has 17 heteroatoms. The minimum Gasteiger partial charge on any atom is -0.460 e. The molecule has 0 aromatic heterocycles. The maximum atomic E-state index is 13.8. The number of benzene rings is 2. The standard InChI is InChI=1S/C49H76N6O11/c1-46(2,3)63-39(56)23-22-37(42(59)65-48(7,8)9)53-44(61)52-36(41(58)64-47(4,5)6)19-15-16-26-50-40(57)38(30-33-20-21-34-17-13-14-18-35(34)29-33)54-43(60)51-31-32-24-27-55(28-25-32)45(62)66-49(10,11)12/h13-14,17-18,20-21,29,32,36-38H,15-16,19,22-28,30-31H2,1-12H3,(H,50,57)(H2,51,54,60)(H2,52,53,61)/t36-,37-,38-/m0/s1. The van der Waals surface area contributed by atoms with Crippen LogP contribution in [0, 0.1) is 5.92 Å². The second kappa shape index (κ2) is 24.2. The zero-order valence-electron chi connectivity index (χ0n) is 41.3. The Morgan fingerprint density at radius 3 is 1.70 bits per heavy atom. The first-order chi connectivity index (χ1) is 30.6. The summed E-state index contributed by atoms with van der Waals surface area (Å²) in [6, 6.07) is 9.15. The van der Waals surface area contributed by atoms with Gasteiger partial charge in [-0.2, -0.15) is 0 Å². The third-order valence-electron chi connectivity index (χ3n) is 9.96. The molecular formula is C49H76N6O11. The molecule has 6 amide bonds. The second-order valence-corrected chi connectivity index (χ2v) is 20.9. The van der Waals surface area contributed by atoms with Crippen molar-refractivity contribution >= 4 is 52.7 Å². The molecule has 1 aliphatic heterocycles. The van der Waals surface area contributed by atoms with E-state index in [2.05, 4.69) is 26.6 Å². The van der Waals surface area contributed by atoms with Crippen LogP contribution < -0.4 is 26.6 Å². The maximum Gasteiger partial charge on any atom is 0.410 e. The monoisotopic (exact) mass is 925 g/mol. The number of unbranched alkanes of at least 4 members (excludes halogenated alkanes) is 1. The predicted octanol–water partition coefficient (Wildman–Crippen LogP) is 6.83.